The molecule has 0 spiro atoms. The van der Waals surface area contributed by atoms with Crippen molar-refractivity contribution >= 4 is 23.0 Å². The van der Waals surface area contributed by atoms with Gasteiger partial charge in [-0.05, 0) is 30.7 Å². The Morgan fingerprint density at radius 2 is 2.05 bits per heavy atom. The van der Waals surface area contributed by atoms with Crippen LogP contribution in [0.1, 0.15) is 15.9 Å². The standard InChI is InChI=1S/C14H12FN3O3/c1-8-10(3-2-4-12(8)16)14(19)17-13-6-5-9(18(20)21)7-11(13)15/h2-7H,16H2,1H3,(H,17,19). The molecule has 0 aliphatic carbocycles. The Kier molecular flexibility index (Phi) is 3.84. The lowest BCUT2D eigenvalue weighted by Gasteiger charge is -2.09. The minimum absolute atomic E-state index is 0.132. The van der Waals surface area contributed by atoms with Gasteiger partial charge >= 0.3 is 0 Å². The Morgan fingerprint density at radius 3 is 2.67 bits per heavy atom. The second kappa shape index (κ2) is 5.58. The van der Waals surface area contributed by atoms with Crippen molar-refractivity contribution in [2.75, 3.05) is 11.1 Å². The number of amides is 1. The fourth-order valence-electron chi connectivity index (χ4n) is 1.81. The number of hydrogen-bond donors (Lipinski definition) is 2. The van der Waals surface area contributed by atoms with Crippen LogP contribution >= 0.6 is 0 Å². The molecule has 0 saturated heterocycles. The summed E-state index contributed by atoms with van der Waals surface area (Å²) in [6.45, 7) is 1.68. The highest BCUT2D eigenvalue weighted by Gasteiger charge is 2.15. The summed E-state index contributed by atoms with van der Waals surface area (Å²) in [4.78, 5) is 21.9. The molecule has 0 aromatic heterocycles. The summed E-state index contributed by atoms with van der Waals surface area (Å²) in [5.41, 5.74) is 6.53. The zero-order valence-electron chi connectivity index (χ0n) is 11.1. The number of rotatable bonds is 3. The summed E-state index contributed by atoms with van der Waals surface area (Å²) < 4.78 is 13.7. The van der Waals surface area contributed by atoms with Crippen molar-refractivity contribution in [2.24, 2.45) is 0 Å². The Morgan fingerprint density at radius 1 is 1.33 bits per heavy atom. The van der Waals surface area contributed by atoms with Gasteiger partial charge in [0.1, 0.15) is 0 Å². The molecule has 0 bridgehead atoms. The summed E-state index contributed by atoms with van der Waals surface area (Å²) in [6, 6.07) is 7.84. The maximum atomic E-state index is 13.7. The molecule has 0 unspecified atom stereocenters. The van der Waals surface area contributed by atoms with E-state index in [1.54, 1.807) is 25.1 Å². The number of hydrogen-bond acceptors (Lipinski definition) is 4. The number of nitrogens with two attached hydrogens (primary N) is 1. The predicted molar refractivity (Wildman–Crippen MR) is 76.6 cm³/mol. The summed E-state index contributed by atoms with van der Waals surface area (Å²) >= 11 is 0. The number of nitrogens with zero attached hydrogens (tertiary/aromatic N) is 1. The van der Waals surface area contributed by atoms with E-state index in [1.165, 1.54) is 0 Å². The number of benzene rings is 2. The van der Waals surface area contributed by atoms with Crippen molar-refractivity contribution in [3.63, 3.8) is 0 Å². The van der Waals surface area contributed by atoms with E-state index in [1.807, 2.05) is 0 Å². The maximum Gasteiger partial charge on any atom is 0.272 e. The third-order valence-corrected chi connectivity index (χ3v) is 3.03. The predicted octanol–water partition coefficient (Wildman–Crippen LogP) is 2.88. The summed E-state index contributed by atoms with van der Waals surface area (Å²) in [7, 11) is 0. The SMILES string of the molecule is Cc1c(N)cccc1C(=O)Nc1ccc([N+](=O)[O-])cc1F. The van der Waals surface area contributed by atoms with E-state index in [9.17, 15) is 19.3 Å². The number of halogens is 1. The van der Waals surface area contributed by atoms with Crippen molar-refractivity contribution in [3.8, 4) is 0 Å². The largest absolute Gasteiger partial charge is 0.398 e. The molecule has 108 valence electrons. The Labute approximate surface area is 119 Å². The van der Waals surface area contributed by atoms with Crippen LogP contribution in [-0.2, 0) is 0 Å². The lowest BCUT2D eigenvalue weighted by atomic mass is 10.1. The van der Waals surface area contributed by atoms with Crippen LogP contribution in [0.3, 0.4) is 0 Å². The van der Waals surface area contributed by atoms with Gasteiger partial charge in [0.25, 0.3) is 11.6 Å². The highest BCUT2D eigenvalue weighted by atomic mass is 19.1. The summed E-state index contributed by atoms with van der Waals surface area (Å²) in [5, 5.41) is 12.9. The van der Waals surface area contributed by atoms with E-state index >= 15 is 0 Å². The molecule has 21 heavy (non-hydrogen) atoms. The average Bonchev–Trinajstić information content (AvgIpc) is 2.43. The van der Waals surface area contributed by atoms with Gasteiger partial charge in [0.05, 0.1) is 16.7 Å². The van der Waals surface area contributed by atoms with Gasteiger partial charge in [-0.3, -0.25) is 14.9 Å². The quantitative estimate of drug-likeness (QED) is 0.515. The van der Waals surface area contributed by atoms with E-state index < -0.39 is 16.6 Å². The number of carbonyl (C=O) groups is 1. The molecule has 0 aliphatic heterocycles. The molecule has 0 saturated carbocycles. The van der Waals surface area contributed by atoms with Crippen LogP contribution in [0, 0.1) is 22.9 Å². The molecule has 0 fully saturated rings. The molecule has 2 rings (SSSR count). The van der Waals surface area contributed by atoms with Crippen LogP contribution in [0.25, 0.3) is 0 Å². The zero-order chi connectivity index (χ0) is 15.6. The lowest BCUT2D eigenvalue weighted by Crippen LogP contribution is -2.15. The number of nitrogens with one attached hydrogen (secondary N) is 1. The van der Waals surface area contributed by atoms with E-state index in [2.05, 4.69) is 5.32 Å². The molecule has 0 heterocycles. The third-order valence-electron chi connectivity index (χ3n) is 3.03. The van der Waals surface area contributed by atoms with E-state index in [0.29, 0.717) is 16.8 Å². The highest BCUT2D eigenvalue weighted by molar-refractivity contribution is 6.06. The third kappa shape index (κ3) is 2.97. The van der Waals surface area contributed by atoms with Crippen molar-refractivity contribution in [1.82, 2.24) is 0 Å². The minimum Gasteiger partial charge on any atom is -0.398 e. The highest BCUT2D eigenvalue weighted by Crippen LogP contribution is 2.22. The normalized spacial score (nSPS) is 10.2. The van der Waals surface area contributed by atoms with E-state index in [0.717, 1.165) is 18.2 Å². The van der Waals surface area contributed by atoms with Crippen molar-refractivity contribution in [1.29, 1.82) is 0 Å². The Balaban J connectivity index is 2.28. The van der Waals surface area contributed by atoms with Gasteiger partial charge in [-0.1, -0.05) is 6.07 Å². The Bertz CT molecular complexity index is 731. The number of nitrogen functional groups attached to an aromatic ring is 1. The van der Waals surface area contributed by atoms with Crippen LogP contribution < -0.4 is 11.1 Å². The van der Waals surface area contributed by atoms with Gasteiger partial charge in [0.2, 0.25) is 0 Å². The van der Waals surface area contributed by atoms with Gasteiger partial charge in [0.15, 0.2) is 5.82 Å². The fraction of sp³-hybridized carbons (Fsp3) is 0.0714. The molecule has 7 heteroatoms. The lowest BCUT2D eigenvalue weighted by molar-refractivity contribution is -0.385. The first-order chi connectivity index (χ1) is 9.90. The summed E-state index contributed by atoms with van der Waals surface area (Å²) in [6.07, 6.45) is 0. The maximum absolute atomic E-state index is 13.7. The van der Waals surface area contributed by atoms with Gasteiger partial charge in [-0.2, -0.15) is 0 Å². The molecule has 6 nitrogen and oxygen atoms in total. The van der Waals surface area contributed by atoms with Crippen LogP contribution in [0.4, 0.5) is 21.5 Å². The molecule has 0 radical (unpaired) electrons. The second-order valence-corrected chi connectivity index (χ2v) is 4.40. The summed E-state index contributed by atoms with van der Waals surface area (Å²) in [5.74, 6) is -1.41. The van der Waals surface area contributed by atoms with Gasteiger partial charge in [-0.15, -0.1) is 0 Å². The van der Waals surface area contributed by atoms with Crippen LogP contribution in [0.5, 0.6) is 0 Å². The van der Waals surface area contributed by atoms with E-state index in [-0.39, 0.29) is 11.4 Å². The van der Waals surface area contributed by atoms with Crippen LogP contribution in [0.2, 0.25) is 0 Å². The smallest absolute Gasteiger partial charge is 0.272 e. The average molecular weight is 289 g/mol. The monoisotopic (exact) mass is 289 g/mol. The zero-order valence-corrected chi connectivity index (χ0v) is 11.1. The number of anilines is 2. The number of carbonyl (C=O) groups excluding carboxylic acids is 1. The Hall–Kier alpha value is -2.96. The first kappa shape index (κ1) is 14.4. The molecule has 2 aromatic rings. The minimum atomic E-state index is -0.876. The van der Waals surface area contributed by atoms with Gasteiger partial charge in [-0.25, -0.2) is 4.39 Å². The first-order valence-corrected chi connectivity index (χ1v) is 6.00. The van der Waals surface area contributed by atoms with Crippen molar-refractivity contribution in [2.45, 2.75) is 6.92 Å². The number of nitro groups is 1. The number of nitro benzene ring substituents is 1. The van der Waals surface area contributed by atoms with Crippen LogP contribution in [0.15, 0.2) is 36.4 Å². The topological polar surface area (TPSA) is 98.3 Å². The first-order valence-electron chi connectivity index (χ1n) is 6.00. The van der Waals surface area contributed by atoms with E-state index in [4.69, 9.17) is 5.73 Å². The molecular weight excluding hydrogens is 277 g/mol. The van der Waals surface area contributed by atoms with Crippen LogP contribution in [-0.4, -0.2) is 10.8 Å². The molecule has 3 N–H and O–H groups in total. The molecule has 0 aliphatic rings. The van der Waals surface area contributed by atoms with Crippen molar-refractivity contribution < 1.29 is 14.1 Å². The molecule has 1 amide bonds. The number of non-ortho nitro benzene ring substituents is 1. The van der Waals surface area contributed by atoms with Gasteiger partial charge < -0.3 is 11.1 Å². The molecule has 2 aromatic carbocycles. The molecular formula is C14H12FN3O3. The second-order valence-electron chi connectivity index (χ2n) is 4.40. The van der Waals surface area contributed by atoms with Crippen molar-refractivity contribution in [3.05, 3.63) is 63.5 Å². The van der Waals surface area contributed by atoms with Gasteiger partial charge in [0, 0.05) is 17.3 Å². The molecule has 0 atom stereocenters. The fourth-order valence-corrected chi connectivity index (χ4v) is 1.81.